The maximum absolute atomic E-state index is 9.24. The predicted octanol–water partition coefficient (Wildman–Crippen LogP) is 2.28. The van der Waals surface area contributed by atoms with Crippen LogP contribution in [0.4, 0.5) is 0 Å². The fourth-order valence-corrected chi connectivity index (χ4v) is 1.15. The van der Waals surface area contributed by atoms with Crippen LogP contribution in [0.5, 0.6) is 17.4 Å². The van der Waals surface area contributed by atoms with Gasteiger partial charge in [0.1, 0.15) is 11.5 Å². The van der Waals surface area contributed by atoms with Gasteiger partial charge in [-0.1, -0.05) is 6.07 Å². The molecule has 0 aliphatic heterocycles. The molecule has 0 fully saturated rings. The SMILES string of the molecule is Cc1nccnc1Oc1cccc(O)c1. The van der Waals surface area contributed by atoms with E-state index in [1.807, 2.05) is 6.92 Å². The lowest BCUT2D eigenvalue weighted by atomic mass is 10.3. The van der Waals surface area contributed by atoms with E-state index in [2.05, 4.69) is 9.97 Å². The summed E-state index contributed by atoms with van der Waals surface area (Å²) in [4.78, 5) is 8.08. The third kappa shape index (κ3) is 2.22. The highest BCUT2D eigenvalue weighted by Gasteiger charge is 2.03. The van der Waals surface area contributed by atoms with Gasteiger partial charge < -0.3 is 9.84 Å². The van der Waals surface area contributed by atoms with E-state index in [0.29, 0.717) is 17.3 Å². The number of phenolic OH excluding ortho intramolecular Hbond substituents is 1. The topological polar surface area (TPSA) is 55.2 Å². The number of aromatic hydroxyl groups is 1. The number of rotatable bonds is 2. The van der Waals surface area contributed by atoms with Gasteiger partial charge in [-0.15, -0.1) is 0 Å². The molecular formula is C11H10N2O2. The van der Waals surface area contributed by atoms with Crippen molar-refractivity contribution in [2.75, 3.05) is 0 Å². The maximum atomic E-state index is 9.24. The fourth-order valence-electron chi connectivity index (χ4n) is 1.15. The van der Waals surface area contributed by atoms with Crippen LogP contribution in [0.1, 0.15) is 5.69 Å². The molecule has 76 valence electrons. The van der Waals surface area contributed by atoms with E-state index >= 15 is 0 Å². The molecule has 0 spiro atoms. The first-order valence-corrected chi connectivity index (χ1v) is 4.50. The summed E-state index contributed by atoms with van der Waals surface area (Å²) < 4.78 is 5.46. The molecular weight excluding hydrogens is 192 g/mol. The van der Waals surface area contributed by atoms with Gasteiger partial charge in [-0.25, -0.2) is 4.98 Å². The highest BCUT2D eigenvalue weighted by atomic mass is 16.5. The number of ether oxygens (including phenoxy) is 1. The average molecular weight is 202 g/mol. The highest BCUT2D eigenvalue weighted by molar-refractivity contribution is 5.34. The Hall–Kier alpha value is -2.10. The molecule has 0 amide bonds. The number of aromatic nitrogens is 2. The minimum Gasteiger partial charge on any atom is -0.508 e. The maximum Gasteiger partial charge on any atom is 0.240 e. The molecule has 1 aromatic carbocycles. The summed E-state index contributed by atoms with van der Waals surface area (Å²) in [5.74, 6) is 1.15. The molecule has 2 aromatic rings. The monoisotopic (exact) mass is 202 g/mol. The molecule has 0 bridgehead atoms. The Morgan fingerprint density at radius 3 is 2.73 bits per heavy atom. The zero-order valence-corrected chi connectivity index (χ0v) is 8.21. The molecule has 0 saturated heterocycles. The molecule has 0 atom stereocenters. The van der Waals surface area contributed by atoms with E-state index in [9.17, 15) is 5.11 Å². The summed E-state index contributed by atoms with van der Waals surface area (Å²) in [5.41, 5.74) is 0.709. The van der Waals surface area contributed by atoms with Crippen molar-refractivity contribution in [2.45, 2.75) is 6.92 Å². The second-order valence-corrected chi connectivity index (χ2v) is 3.05. The van der Waals surface area contributed by atoms with E-state index < -0.39 is 0 Å². The van der Waals surface area contributed by atoms with Gasteiger partial charge in [0.2, 0.25) is 5.88 Å². The van der Waals surface area contributed by atoms with Crippen molar-refractivity contribution in [3.8, 4) is 17.4 Å². The van der Waals surface area contributed by atoms with Gasteiger partial charge in [-0.2, -0.15) is 0 Å². The molecule has 0 saturated carbocycles. The van der Waals surface area contributed by atoms with Gasteiger partial charge in [0.25, 0.3) is 0 Å². The molecule has 0 unspecified atom stereocenters. The number of phenols is 1. The molecule has 0 radical (unpaired) electrons. The van der Waals surface area contributed by atoms with Crippen molar-refractivity contribution in [3.05, 3.63) is 42.4 Å². The molecule has 2 rings (SSSR count). The number of aryl methyl sites for hydroxylation is 1. The van der Waals surface area contributed by atoms with Crippen molar-refractivity contribution < 1.29 is 9.84 Å². The third-order valence-electron chi connectivity index (χ3n) is 1.87. The van der Waals surface area contributed by atoms with Gasteiger partial charge >= 0.3 is 0 Å². The first-order valence-electron chi connectivity index (χ1n) is 4.50. The summed E-state index contributed by atoms with van der Waals surface area (Å²) in [6.45, 7) is 1.81. The standard InChI is InChI=1S/C11H10N2O2/c1-8-11(13-6-5-12-8)15-10-4-2-3-9(14)7-10/h2-7,14H,1H3. The van der Waals surface area contributed by atoms with E-state index in [0.717, 1.165) is 0 Å². The second kappa shape index (κ2) is 3.96. The van der Waals surface area contributed by atoms with Crippen LogP contribution in [0.15, 0.2) is 36.7 Å². The first kappa shape index (κ1) is 9.45. The Bertz CT molecular complexity index is 472. The summed E-state index contributed by atoms with van der Waals surface area (Å²) in [7, 11) is 0. The van der Waals surface area contributed by atoms with E-state index in [1.54, 1.807) is 30.6 Å². The Kier molecular flexibility index (Phi) is 2.49. The van der Waals surface area contributed by atoms with Crippen LogP contribution in [-0.2, 0) is 0 Å². The Morgan fingerprint density at radius 1 is 1.20 bits per heavy atom. The number of hydrogen-bond donors (Lipinski definition) is 1. The minimum absolute atomic E-state index is 0.161. The van der Waals surface area contributed by atoms with Crippen LogP contribution in [0.25, 0.3) is 0 Å². The van der Waals surface area contributed by atoms with E-state index in [1.165, 1.54) is 6.07 Å². The Balaban J connectivity index is 2.26. The lowest BCUT2D eigenvalue weighted by molar-refractivity contribution is 0.441. The summed E-state index contributed by atoms with van der Waals surface area (Å²) in [6.07, 6.45) is 3.16. The van der Waals surface area contributed by atoms with Crippen LogP contribution >= 0.6 is 0 Å². The lowest BCUT2D eigenvalue weighted by Crippen LogP contribution is -1.92. The van der Waals surface area contributed by atoms with Gasteiger partial charge in [0.15, 0.2) is 0 Å². The van der Waals surface area contributed by atoms with Crippen LogP contribution in [0, 0.1) is 6.92 Å². The largest absolute Gasteiger partial charge is 0.508 e. The van der Waals surface area contributed by atoms with Gasteiger partial charge in [-0.3, -0.25) is 4.98 Å². The van der Waals surface area contributed by atoms with Crippen molar-refractivity contribution in [1.82, 2.24) is 9.97 Å². The summed E-state index contributed by atoms with van der Waals surface area (Å²) in [5, 5.41) is 9.24. The van der Waals surface area contributed by atoms with Crippen LogP contribution in [0.2, 0.25) is 0 Å². The van der Waals surface area contributed by atoms with Crippen molar-refractivity contribution in [1.29, 1.82) is 0 Å². The van der Waals surface area contributed by atoms with Gasteiger partial charge in [0.05, 0.1) is 5.69 Å². The van der Waals surface area contributed by atoms with Crippen molar-refractivity contribution >= 4 is 0 Å². The second-order valence-electron chi connectivity index (χ2n) is 3.05. The molecule has 15 heavy (non-hydrogen) atoms. The summed E-state index contributed by atoms with van der Waals surface area (Å²) in [6, 6.07) is 6.55. The minimum atomic E-state index is 0.161. The zero-order valence-electron chi connectivity index (χ0n) is 8.21. The first-order chi connectivity index (χ1) is 7.25. The number of hydrogen-bond acceptors (Lipinski definition) is 4. The van der Waals surface area contributed by atoms with E-state index in [-0.39, 0.29) is 5.75 Å². The number of benzene rings is 1. The highest BCUT2D eigenvalue weighted by Crippen LogP contribution is 2.23. The van der Waals surface area contributed by atoms with Gasteiger partial charge in [0, 0.05) is 18.5 Å². The normalized spacial score (nSPS) is 9.93. The fraction of sp³-hybridized carbons (Fsp3) is 0.0909. The molecule has 1 aromatic heterocycles. The molecule has 4 nitrogen and oxygen atoms in total. The molecule has 1 N–H and O–H groups in total. The van der Waals surface area contributed by atoms with Crippen LogP contribution < -0.4 is 4.74 Å². The third-order valence-corrected chi connectivity index (χ3v) is 1.87. The molecule has 4 heteroatoms. The average Bonchev–Trinajstić information content (AvgIpc) is 2.22. The molecule has 1 heterocycles. The lowest BCUT2D eigenvalue weighted by Gasteiger charge is -2.05. The Morgan fingerprint density at radius 2 is 2.00 bits per heavy atom. The summed E-state index contributed by atoms with van der Waals surface area (Å²) >= 11 is 0. The van der Waals surface area contributed by atoms with Gasteiger partial charge in [-0.05, 0) is 19.1 Å². The van der Waals surface area contributed by atoms with Crippen molar-refractivity contribution in [3.63, 3.8) is 0 Å². The number of nitrogens with zero attached hydrogens (tertiary/aromatic N) is 2. The van der Waals surface area contributed by atoms with Crippen molar-refractivity contribution in [2.24, 2.45) is 0 Å². The Labute approximate surface area is 87.2 Å². The molecule has 0 aliphatic carbocycles. The predicted molar refractivity (Wildman–Crippen MR) is 54.9 cm³/mol. The van der Waals surface area contributed by atoms with Crippen LogP contribution in [0.3, 0.4) is 0 Å². The van der Waals surface area contributed by atoms with E-state index in [4.69, 9.17) is 4.74 Å². The molecule has 0 aliphatic rings. The zero-order chi connectivity index (χ0) is 10.7. The quantitative estimate of drug-likeness (QED) is 0.811. The smallest absolute Gasteiger partial charge is 0.240 e. The van der Waals surface area contributed by atoms with Crippen LogP contribution in [-0.4, -0.2) is 15.1 Å².